The molecule has 104 valence electrons. The lowest BCUT2D eigenvalue weighted by Crippen LogP contribution is -2.56. The highest BCUT2D eigenvalue weighted by molar-refractivity contribution is 5.57. The molecule has 2 heteroatoms. The van der Waals surface area contributed by atoms with Crippen LogP contribution < -0.4 is 10.6 Å². The van der Waals surface area contributed by atoms with Crippen molar-refractivity contribution in [3.63, 3.8) is 0 Å². The van der Waals surface area contributed by atoms with Gasteiger partial charge >= 0.3 is 0 Å². The monoisotopic (exact) mass is 258 g/mol. The molecule has 0 radical (unpaired) electrons. The summed E-state index contributed by atoms with van der Waals surface area (Å²) in [7, 11) is 0. The van der Waals surface area contributed by atoms with Gasteiger partial charge in [0, 0.05) is 18.8 Å². The number of nitrogens with two attached hydrogens (primary N) is 1. The zero-order chi connectivity index (χ0) is 13.3. The van der Waals surface area contributed by atoms with E-state index in [2.05, 4.69) is 36.1 Å². The van der Waals surface area contributed by atoms with E-state index in [1.54, 1.807) is 0 Å². The van der Waals surface area contributed by atoms with E-state index in [0.717, 1.165) is 12.5 Å². The van der Waals surface area contributed by atoms with Crippen LogP contribution in [-0.4, -0.2) is 18.6 Å². The van der Waals surface area contributed by atoms with E-state index < -0.39 is 0 Å². The largest absolute Gasteiger partial charge is 0.364 e. The van der Waals surface area contributed by atoms with Crippen LogP contribution in [0.15, 0.2) is 24.3 Å². The lowest BCUT2D eigenvalue weighted by Gasteiger charge is -2.45. The summed E-state index contributed by atoms with van der Waals surface area (Å²) >= 11 is 0. The van der Waals surface area contributed by atoms with Crippen molar-refractivity contribution in [3.05, 3.63) is 29.8 Å². The molecule has 19 heavy (non-hydrogen) atoms. The second-order valence-corrected chi connectivity index (χ2v) is 6.17. The predicted octanol–water partition coefficient (Wildman–Crippen LogP) is 3.35. The van der Waals surface area contributed by atoms with E-state index in [1.807, 2.05) is 0 Å². The van der Waals surface area contributed by atoms with Gasteiger partial charge in [0.2, 0.25) is 0 Å². The average Bonchev–Trinajstić information content (AvgIpc) is 3.28. The molecule has 1 aromatic rings. The van der Waals surface area contributed by atoms with E-state index in [9.17, 15) is 0 Å². The minimum Gasteiger partial charge on any atom is -0.364 e. The third kappa shape index (κ3) is 2.16. The van der Waals surface area contributed by atoms with Crippen LogP contribution in [0.1, 0.15) is 44.6 Å². The first-order valence-corrected chi connectivity index (χ1v) is 7.87. The summed E-state index contributed by atoms with van der Waals surface area (Å²) in [6.45, 7) is 4.29. The molecule has 0 saturated heterocycles. The third-order valence-electron chi connectivity index (χ3n) is 5.20. The van der Waals surface area contributed by atoms with Crippen molar-refractivity contribution >= 4 is 5.69 Å². The Balaban J connectivity index is 2.02. The Labute approximate surface area is 117 Å². The van der Waals surface area contributed by atoms with Gasteiger partial charge in [-0.2, -0.15) is 0 Å². The molecule has 0 bridgehead atoms. The standard InChI is InChI=1S/C17H26N2/c1-2-17(13-18,15-10-11-15)19-12-6-5-8-14-7-3-4-9-16(14)19/h3-4,7,9,15H,2,5-6,8,10-13,18H2,1H3. The fraction of sp³-hybridized carbons (Fsp3) is 0.647. The summed E-state index contributed by atoms with van der Waals surface area (Å²) in [5, 5.41) is 0. The zero-order valence-electron chi connectivity index (χ0n) is 12.1. The molecule has 1 unspecified atom stereocenters. The van der Waals surface area contributed by atoms with Crippen molar-refractivity contribution in [1.29, 1.82) is 0 Å². The highest BCUT2D eigenvalue weighted by Crippen LogP contribution is 2.47. The molecule has 1 atom stereocenters. The van der Waals surface area contributed by atoms with Gasteiger partial charge in [0.25, 0.3) is 0 Å². The maximum Gasteiger partial charge on any atom is 0.0549 e. The number of para-hydroxylation sites is 1. The molecule has 2 nitrogen and oxygen atoms in total. The molecule has 1 aliphatic carbocycles. The van der Waals surface area contributed by atoms with E-state index >= 15 is 0 Å². The second-order valence-electron chi connectivity index (χ2n) is 6.17. The van der Waals surface area contributed by atoms with E-state index in [-0.39, 0.29) is 5.54 Å². The summed E-state index contributed by atoms with van der Waals surface area (Å²) in [6, 6.07) is 8.97. The Hall–Kier alpha value is -1.02. The average molecular weight is 258 g/mol. The number of aryl methyl sites for hydroxylation is 1. The van der Waals surface area contributed by atoms with Crippen LogP contribution in [0.5, 0.6) is 0 Å². The van der Waals surface area contributed by atoms with Crippen molar-refractivity contribution in [2.45, 2.75) is 51.0 Å². The first-order chi connectivity index (χ1) is 9.31. The van der Waals surface area contributed by atoms with Gasteiger partial charge in [-0.1, -0.05) is 25.1 Å². The first kappa shape index (κ1) is 13.0. The number of anilines is 1. The van der Waals surface area contributed by atoms with Gasteiger partial charge in [-0.15, -0.1) is 0 Å². The molecule has 3 rings (SSSR count). The summed E-state index contributed by atoms with van der Waals surface area (Å²) in [4.78, 5) is 2.67. The molecule has 2 aliphatic rings. The summed E-state index contributed by atoms with van der Waals surface area (Å²) in [5.74, 6) is 0.814. The minimum absolute atomic E-state index is 0.209. The SMILES string of the molecule is CCC(CN)(C1CC1)N1CCCCc2ccccc21. The molecule has 1 saturated carbocycles. The van der Waals surface area contributed by atoms with Gasteiger partial charge in [-0.3, -0.25) is 0 Å². The van der Waals surface area contributed by atoms with Crippen LogP contribution in [0.2, 0.25) is 0 Å². The molecule has 1 aromatic carbocycles. The Morgan fingerprint density at radius 3 is 2.74 bits per heavy atom. The Kier molecular flexibility index (Phi) is 3.53. The first-order valence-electron chi connectivity index (χ1n) is 7.87. The van der Waals surface area contributed by atoms with Gasteiger partial charge < -0.3 is 10.6 Å². The van der Waals surface area contributed by atoms with Crippen molar-refractivity contribution < 1.29 is 0 Å². The molecule has 1 aliphatic heterocycles. The molecular weight excluding hydrogens is 232 g/mol. The van der Waals surface area contributed by atoms with Crippen molar-refractivity contribution in [2.75, 3.05) is 18.0 Å². The fourth-order valence-corrected chi connectivity index (χ4v) is 3.90. The predicted molar refractivity (Wildman–Crippen MR) is 81.5 cm³/mol. The number of nitrogens with zero attached hydrogens (tertiary/aromatic N) is 1. The van der Waals surface area contributed by atoms with Crippen molar-refractivity contribution in [1.82, 2.24) is 0 Å². The maximum absolute atomic E-state index is 6.26. The molecule has 1 heterocycles. The lowest BCUT2D eigenvalue weighted by atomic mass is 9.87. The minimum atomic E-state index is 0.209. The van der Waals surface area contributed by atoms with Crippen LogP contribution in [0.25, 0.3) is 0 Å². The zero-order valence-corrected chi connectivity index (χ0v) is 12.1. The number of rotatable bonds is 4. The van der Waals surface area contributed by atoms with Gasteiger partial charge in [-0.25, -0.2) is 0 Å². The maximum atomic E-state index is 6.26. The fourth-order valence-electron chi connectivity index (χ4n) is 3.90. The highest BCUT2D eigenvalue weighted by Gasteiger charge is 2.47. The van der Waals surface area contributed by atoms with Gasteiger partial charge in [0.1, 0.15) is 0 Å². The van der Waals surface area contributed by atoms with Crippen LogP contribution in [0.3, 0.4) is 0 Å². The van der Waals surface area contributed by atoms with Crippen LogP contribution in [0.4, 0.5) is 5.69 Å². The molecule has 2 N–H and O–H groups in total. The Morgan fingerprint density at radius 1 is 1.26 bits per heavy atom. The second kappa shape index (κ2) is 5.16. The molecule has 0 aromatic heterocycles. The Bertz CT molecular complexity index is 433. The quantitative estimate of drug-likeness (QED) is 0.897. The Morgan fingerprint density at radius 2 is 2.05 bits per heavy atom. The third-order valence-corrected chi connectivity index (χ3v) is 5.20. The normalized spacial score (nSPS) is 22.5. The number of fused-ring (bicyclic) bond motifs is 1. The summed E-state index contributed by atoms with van der Waals surface area (Å²) in [6.07, 6.45) is 7.73. The van der Waals surface area contributed by atoms with Crippen LogP contribution in [0, 0.1) is 5.92 Å². The van der Waals surface area contributed by atoms with E-state index in [0.29, 0.717) is 0 Å². The summed E-state index contributed by atoms with van der Waals surface area (Å²) < 4.78 is 0. The van der Waals surface area contributed by atoms with Crippen molar-refractivity contribution in [3.8, 4) is 0 Å². The van der Waals surface area contributed by atoms with Crippen molar-refractivity contribution in [2.24, 2.45) is 11.7 Å². The topological polar surface area (TPSA) is 29.3 Å². The number of benzene rings is 1. The lowest BCUT2D eigenvalue weighted by molar-refractivity contribution is 0.332. The van der Waals surface area contributed by atoms with E-state index in [1.165, 1.54) is 56.3 Å². The van der Waals surface area contributed by atoms with E-state index in [4.69, 9.17) is 5.73 Å². The highest BCUT2D eigenvalue weighted by atomic mass is 15.2. The number of hydrogen-bond donors (Lipinski definition) is 1. The summed E-state index contributed by atoms with van der Waals surface area (Å²) in [5.41, 5.74) is 9.44. The van der Waals surface area contributed by atoms with Gasteiger partial charge in [-0.05, 0) is 56.1 Å². The molecule has 0 spiro atoms. The molecule has 1 fully saturated rings. The smallest absolute Gasteiger partial charge is 0.0549 e. The van der Waals surface area contributed by atoms with Gasteiger partial charge in [0.05, 0.1) is 5.54 Å². The molecule has 0 amide bonds. The van der Waals surface area contributed by atoms with Gasteiger partial charge in [0.15, 0.2) is 0 Å². The van der Waals surface area contributed by atoms with Crippen LogP contribution >= 0.6 is 0 Å². The van der Waals surface area contributed by atoms with Crippen LogP contribution in [-0.2, 0) is 6.42 Å². The molecular formula is C17H26N2. The number of hydrogen-bond acceptors (Lipinski definition) is 2.